The van der Waals surface area contributed by atoms with Gasteiger partial charge in [-0.3, -0.25) is 4.79 Å². The summed E-state index contributed by atoms with van der Waals surface area (Å²) in [4.78, 5) is 24.4. The van der Waals surface area contributed by atoms with Crippen LogP contribution in [0.1, 0.15) is 39.5 Å². The first kappa shape index (κ1) is 16.7. The minimum atomic E-state index is -0.412. The van der Waals surface area contributed by atoms with Crippen molar-refractivity contribution in [3.63, 3.8) is 0 Å². The number of aryl methyl sites for hydroxylation is 2. The highest BCUT2D eigenvalue weighted by Crippen LogP contribution is 2.21. The zero-order chi connectivity index (χ0) is 16.8. The SMILES string of the molecule is CCOC(=O)/C=C/c1c(C)cccc1C(=O)c1ccccc1C. The molecule has 0 aliphatic heterocycles. The predicted octanol–water partition coefficient (Wildman–Crippen LogP) is 4.11. The van der Waals surface area contributed by atoms with Crippen LogP contribution < -0.4 is 0 Å². The Bertz CT molecular complexity index is 757. The smallest absolute Gasteiger partial charge is 0.330 e. The van der Waals surface area contributed by atoms with Crippen LogP contribution in [0.2, 0.25) is 0 Å². The van der Waals surface area contributed by atoms with Crippen molar-refractivity contribution in [3.05, 3.63) is 76.4 Å². The minimum absolute atomic E-state index is 0.0460. The molecule has 2 rings (SSSR count). The van der Waals surface area contributed by atoms with Crippen molar-refractivity contribution in [2.75, 3.05) is 6.61 Å². The third-order valence-electron chi connectivity index (χ3n) is 3.63. The average Bonchev–Trinajstić information content (AvgIpc) is 2.53. The van der Waals surface area contributed by atoms with Gasteiger partial charge in [-0.1, -0.05) is 42.5 Å². The van der Waals surface area contributed by atoms with E-state index in [1.54, 1.807) is 19.1 Å². The number of carbonyl (C=O) groups is 2. The van der Waals surface area contributed by atoms with Gasteiger partial charge >= 0.3 is 5.97 Å². The van der Waals surface area contributed by atoms with E-state index >= 15 is 0 Å². The van der Waals surface area contributed by atoms with Crippen molar-refractivity contribution >= 4 is 17.8 Å². The first-order valence-electron chi connectivity index (χ1n) is 7.59. The molecule has 2 aromatic rings. The number of ketones is 1. The summed E-state index contributed by atoms with van der Waals surface area (Å²) in [5, 5.41) is 0. The van der Waals surface area contributed by atoms with E-state index in [2.05, 4.69) is 0 Å². The van der Waals surface area contributed by atoms with Gasteiger partial charge in [0.1, 0.15) is 0 Å². The molecule has 0 amide bonds. The second-order valence-corrected chi connectivity index (χ2v) is 5.27. The largest absolute Gasteiger partial charge is 0.463 e. The van der Waals surface area contributed by atoms with Crippen molar-refractivity contribution in [2.45, 2.75) is 20.8 Å². The van der Waals surface area contributed by atoms with E-state index in [9.17, 15) is 9.59 Å². The zero-order valence-electron chi connectivity index (χ0n) is 13.6. The van der Waals surface area contributed by atoms with Crippen molar-refractivity contribution in [2.24, 2.45) is 0 Å². The summed E-state index contributed by atoms with van der Waals surface area (Å²) in [6.07, 6.45) is 3.01. The third-order valence-corrected chi connectivity index (χ3v) is 3.63. The molecule has 0 aromatic heterocycles. The lowest BCUT2D eigenvalue weighted by Gasteiger charge is -2.10. The van der Waals surface area contributed by atoms with Gasteiger partial charge in [-0.2, -0.15) is 0 Å². The van der Waals surface area contributed by atoms with E-state index in [1.807, 2.05) is 50.2 Å². The van der Waals surface area contributed by atoms with Crippen molar-refractivity contribution in [1.82, 2.24) is 0 Å². The predicted molar refractivity (Wildman–Crippen MR) is 91.5 cm³/mol. The summed E-state index contributed by atoms with van der Waals surface area (Å²) in [7, 11) is 0. The van der Waals surface area contributed by atoms with Gasteiger partial charge in [-0.25, -0.2) is 4.79 Å². The molecule has 0 N–H and O–H groups in total. The molecular weight excluding hydrogens is 288 g/mol. The maximum Gasteiger partial charge on any atom is 0.330 e. The van der Waals surface area contributed by atoms with E-state index in [0.717, 1.165) is 16.7 Å². The van der Waals surface area contributed by atoms with Gasteiger partial charge in [0.05, 0.1) is 6.61 Å². The molecule has 0 aliphatic rings. The van der Waals surface area contributed by atoms with Crippen LogP contribution in [0.15, 0.2) is 48.5 Å². The molecule has 118 valence electrons. The molecule has 0 saturated heterocycles. The number of hydrogen-bond donors (Lipinski definition) is 0. The number of esters is 1. The van der Waals surface area contributed by atoms with Crippen LogP contribution in [0.3, 0.4) is 0 Å². The lowest BCUT2D eigenvalue weighted by atomic mass is 9.93. The average molecular weight is 308 g/mol. The molecule has 2 aromatic carbocycles. The van der Waals surface area contributed by atoms with Gasteiger partial charge in [-0.15, -0.1) is 0 Å². The monoisotopic (exact) mass is 308 g/mol. The highest BCUT2D eigenvalue weighted by molar-refractivity contribution is 6.12. The maximum absolute atomic E-state index is 12.9. The van der Waals surface area contributed by atoms with Gasteiger partial charge in [-0.05, 0) is 43.5 Å². The van der Waals surface area contributed by atoms with Crippen molar-refractivity contribution < 1.29 is 14.3 Å². The van der Waals surface area contributed by atoms with Crippen molar-refractivity contribution in [1.29, 1.82) is 0 Å². The van der Waals surface area contributed by atoms with Crippen LogP contribution in [0, 0.1) is 13.8 Å². The topological polar surface area (TPSA) is 43.4 Å². The van der Waals surface area contributed by atoms with E-state index < -0.39 is 5.97 Å². The molecule has 0 spiro atoms. The molecule has 23 heavy (non-hydrogen) atoms. The summed E-state index contributed by atoms with van der Waals surface area (Å²) in [6, 6.07) is 13.0. The Morgan fingerprint density at radius 2 is 1.61 bits per heavy atom. The highest BCUT2D eigenvalue weighted by atomic mass is 16.5. The van der Waals surface area contributed by atoms with Gasteiger partial charge in [0.2, 0.25) is 0 Å². The Labute approximate surface area is 136 Å². The quantitative estimate of drug-likeness (QED) is 0.474. The van der Waals surface area contributed by atoms with Crippen LogP contribution in [-0.2, 0) is 9.53 Å². The van der Waals surface area contributed by atoms with Crippen LogP contribution in [0.5, 0.6) is 0 Å². The van der Waals surface area contributed by atoms with Crippen LogP contribution in [-0.4, -0.2) is 18.4 Å². The molecule has 0 atom stereocenters. The third kappa shape index (κ3) is 3.95. The molecule has 0 fully saturated rings. The normalized spacial score (nSPS) is 10.7. The molecule has 0 unspecified atom stereocenters. The number of benzene rings is 2. The van der Waals surface area contributed by atoms with Crippen LogP contribution >= 0.6 is 0 Å². The van der Waals surface area contributed by atoms with E-state index in [1.165, 1.54) is 6.08 Å². The molecule has 3 nitrogen and oxygen atoms in total. The van der Waals surface area contributed by atoms with E-state index in [0.29, 0.717) is 17.7 Å². The lowest BCUT2D eigenvalue weighted by Crippen LogP contribution is -2.07. The Morgan fingerprint density at radius 3 is 2.30 bits per heavy atom. The van der Waals surface area contributed by atoms with Gasteiger partial charge in [0, 0.05) is 17.2 Å². The fraction of sp³-hybridized carbons (Fsp3) is 0.200. The summed E-state index contributed by atoms with van der Waals surface area (Å²) >= 11 is 0. The summed E-state index contributed by atoms with van der Waals surface area (Å²) in [5.74, 6) is -0.458. The minimum Gasteiger partial charge on any atom is -0.463 e. The summed E-state index contributed by atoms with van der Waals surface area (Å²) in [6.45, 7) is 5.91. The molecule has 0 radical (unpaired) electrons. The van der Waals surface area contributed by atoms with Gasteiger partial charge < -0.3 is 4.74 Å². The zero-order valence-corrected chi connectivity index (χ0v) is 13.6. The molecule has 0 bridgehead atoms. The first-order valence-corrected chi connectivity index (χ1v) is 7.59. The summed E-state index contributed by atoms with van der Waals surface area (Å²) in [5.41, 5.74) is 3.86. The summed E-state index contributed by atoms with van der Waals surface area (Å²) < 4.78 is 4.90. The first-order chi connectivity index (χ1) is 11.0. The maximum atomic E-state index is 12.9. The van der Waals surface area contributed by atoms with Gasteiger partial charge in [0.15, 0.2) is 5.78 Å². The van der Waals surface area contributed by atoms with Crippen molar-refractivity contribution in [3.8, 4) is 0 Å². The Balaban J connectivity index is 2.44. The standard InChI is InChI=1S/C20H20O3/c1-4-23-19(21)13-12-16-14(2)9-7-11-18(16)20(22)17-10-6-5-8-15(17)3/h5-13H,4H2,1-3H3/b13-12+. The van der Waals surface area contributed by atoms with Crippen LogP contribution in [0.25, 0.3) is 6.08 Å². The second kappa shape index (κ2) is 7.54. The Kier molecular flexibility index (Phi) is 5.47. The number of ether oxygens (including phenoxy) is 1. The van der Waals surface area contributed by atoms with E-state index in [4.69, 9.17) is 4.74 Å². The second-order valence-electron chi connectivity index (χ2n) is 5.27. The number of hydrogen-bond acceptors (Lipinski definition) is 3. The fourth-order valence-corrected chi connectivity index (χ4v) is 2.41. The molecule has 0 heterocycles. The Morgan fingerprint density at radius 1 is 0.957 bits per heavy atom. The van der Waals surface area contributed by atoms with Crippen LogP contribution in [0.4, 0.5) is 0 Å². The number of carbonyl (C=O) groups excluding carboxylic acids is 2. The fourth-order valence-electron chi connectivity index (χ4n) is 2.41. The molecule has 0 saturated carbocycles. The molecule has 0 aliphatic carbocycles. The highest BCUT2D eigenvalue weighted by Gasteiger charge is 2.15. The lowest BCUT2D eigenvalue weighted by molar-refractivity contribution is -0.137. The molecule has 3 heteroatoms. The Hall–Kier alpha value is -2.68. The number of rotatable bonds is 5. The molecular formula is C20H20O3. The van der Waals surface area contributed by atoms with Gasteiger partial charge in [0.25, 0.3) is 0 Å². The van der Waals surface area contributed by atoms with E-state index in [-0.39, 0.29) is 5.78 Å².